The van der Waals surface area contributed by atoms with Gasteiger partial charge in [0.1, 0.15) is 5.78 Å². The molecule has 2 amide bonds. The van der Waals surface area contributed by atoms with Gasteiger partial charge in [0.2, 0.25) is 11.8 Å². The number of carbonyl (C=O) groups is 3. The van der Waals surface area contributed by atoms with Crippen LogP contribution in [0.15, 0.2) is 0 Å². The van der Waals surface area contributed by atoms with E-state index in [4.69, 9.17) is 9.47 Å². The minimum absolute atomic E-state index is 0.00379. The summed E-state index contributed by atoms with van der Waals surface area (Å²) in [6.45, 7) is 7.47. The van der Waals surface area contributed by atoms with Gasteiger partial charge in [-0.05, 0) is 39.5 Å². The zero-order chi connectivity index (χ0) is 20.1. The van der Waals surface area contributed by atoms with Crippen molar-refractivity contribution < 1.29 is 23.9 Å². The van der Waals surface area contributed by atoms with Crippen LogP contribution in [0.3, 0.4) is 0 Å². The maximum absolute atomic E-state index is 12.2. The summed E-state index contributed by atoms with van der Waals surface area (Å²) in [5, 5.41) is 5.93. The largest absolute Gasteiger partial charge is 0.379 e. The first-order valence-electron chi connectivity index (χ1n) is 10.2. The van der Waals surface area contributed by atoms with E-state index in [2.05, 4.69) is 10.6 Å². The van der Waals surface area contributed by atoms with Crippen LogP contribution < -0.4 is 10.6 Å². The maximum Gasteiger partial charge on any atom is 0.223 e. The molecule has 27 heavy (non-hydrogen) atoms. The summed E-state index contributed by atoms with van der Waals surface area (Å²) in [4.78, 5) is 35.2. The van der Waals surface area contributed by atoms with Crippen LogP contribution in [0.1, 0.15) is 65.7 Å². The fourth-order valence-electron chi connectivity index (χ4n) is 3.04. The lowest BCUT2D eigenvalue weighted by Gasteiger charge is -2.28. The molecule has 2 N–H and O–H groups in total. The van der Waals surface area contributed by atoms with E-state index >= 15 is 0 Å². The summed E-state index contributed by atoms with van der Waals surface area (Å²) in [5.41, 5.74) is 0. The van der Waals surface area contributed by atoms with E-state index < -0.39 is 0 Å². The van der Waals surface area contributed by atoms with Crippen molar-refractivity contribution in [2.75, 3.05) is 26.4 Å². The van der Waals surface area contributed by atoms with Crippen LogP contribution in [0.25, 0.3) is 0 Å². The first-order chi connectivity index (χ1) is 12.9. The molecule has 0 atom stereocenters. The topological polar surface area (TPSA) is 93.7 Å². The van der Waals surface area contributed by atoms with Gasteiger partial charge in [-0.15, -0.1) is 0 Å². The minimum Gasteiger partial charge on any atom is -0.379 e. The second-order valence-electron chi connectivity index (χ2n) is 7.33. The van der Waals surface area contributed by atoms with Crippen molar-refractivity contribution in [1.82, 2.24) is 10.6 Å². The third-order valence-corrected chi connectivity index (χ3v) is 4.71. The standard InChI is InChI=1S/C20H36N2O5/c1-4-18(23)9-12-26-14-11-21-20(25)16-5-7-17(8-6-16)22-19(24)10-13-27-15(2)3/h15-17H,4-14H2,1-3H3,(H,21,25)(H,22,24). The number of rotatable bonds is 13. The minimum atomic E-state index is 0.00379. The molecule has 7 heteroatoms. The van der Waals surface area contributed by atoms with Crippen LogP contribution in [0.2, 0.25) is 0 Å². The van der Waals surface area contributed by atoms with Crippen molar-refractivity contribution >= 4 is 17.6 Å². The molecule has 0 unspecified atom stereocenters. The van der Waals surface area contributed by atoms with E-state index in [9.17, 15) is 14.4 Å². The second-order valence-corrected chi connectivity index (χ2v) is 7.33. The summed E-state index contributed by atoms with van der Waals surface area (Å²) in [5.74, 6) is 0.264. The zero-order valence-electron chi connectivity index (χ0n) is 17.1. The molecule has 0 spiro atoms. The lowest BCUT2D eigenvalue weighted by Crippen LogP contribution is -2.41. The van der Waals surface area contributed by atoms with Gasteiger partial charge in [0.25, 0.3) is 0 Å². The summed E-state index contributed by atoms with van der Waals surface area (Å²) in [6.07, 6.45) is 4.70. The molecule has 1 saturated carbocycles. The number of carbonyl (C=O) groups excluding carboxylic acids is 3. The molecule has 0 bridgehead atoms. The molecule has 0 saturated heterocycles. The van der Waals surface area contributed by atoms with Crippen LogP contribution in [0.4, 0.5) is 0 Å². The monoisotopic (exact) mass is 384 g/mol. The average molecular weight is 385 g/mol. The molecule has 0 heterocycles. The first-order valence-corrected chi connectivity index (χ1v) is 10.2. The third-order valence-electron chi connectivity index (χ3n) is 4.71. The van der Waals surface area contributed by atoms with Gasteiger partial charge in [-0.1, -0.05) is 6.92 Å². The highest BCUT2D eigenvalue weighted by molar-refractivity contribution is 5.79. The summed E-state index contributed by atoms with van der Waals surface area (Å²) in [7, 11) is 0. The normalized spacial score (nSPS) is 19.7. The molecule has 1 aliphatic carbocycles. The molecule has 156 valence electrons. The number of hydrogen-bond donors (Lipinski definition) is 2. The van der Waals surface area contributed by atoms with Gasteiger partial charge in [0.15, 0.2) is 0 Å². The van der Waals surface area contributed by atoms with Crippen LogP contribution in [-0.4, -0.2) is 56.1 Å². The van der Waals surface area contributed by atoms with Crippen molar-refractivity contribution in [3.05, 3.63) is 0 Å². The highest BCUT2D eigenvalue weighted by Gasteiger charge is 2.26. The van der Waals surface area contributed by atoms with E-state index in [1.54, 1.807) is 0 Å². The lowest BCUT2D eigenvalue weighted by molar-refractivity contribution is -0.126. The van der Waals surface area contributed by atoms with E-state index in [1.165, 1.54) is 0 Å². The molecule has 0 aromatic heterocycles. The predicted octanol–water partition coefficient (Wildman–Crippen LogP) is 1.98. The summed E-state index contributed by atoms with van der Waals surface area (Å²) in [6, 6.07) is 0.153. The van der Waals surface area contributed by atoms with Crippen LogP contribution in [0.5, 0.6) is 0 Å². The Morgan fingerprint density at radius 3 is 2.33 bits per heavy atom. The zero-order valence-corrected chi connectivity index (χ0v) is 17.1. The second kappa shape index (κ2) is 13.7. The van der Waals surface area contributed by atoms with E-state index in [1.807, 2.05) is 20.8 Å². The van der Waals surface area contributed by atoms with Crippen molar-refractivity contribution in [3.8, 4) is 0 Å². The molecule has 1 aliphatic rings. The van der Waals surface area contributed by atoms with Gasteiger partial charge in [-0.3, -0.25) is 14.4 Å². The Morgan fingerprint density at radius 2 is 1.70 bits per heavy atom. The fourth-order valence-corrected chi connectivity index (χ4v) is 3.04. The van der Waals surface area contributed by atoms with Crippen molar-refractivity contribution in [2.45, 2.75) is 77.9 Å². The predicted molar refractivity (Wildman–Crippen MR) is 103 cm³/mol. The quantitative estimate of drug-likeness (QED) is 0.474. The van der Waals surface area contributed by atoms with E-state index in [-0.39, 0.29) is 35.7 Å². The van der Waals surface area contributed by atoms with Crippen molar-refractivity contribution in [3.63, 3.8) is 0 Å². The average Bonchev–Trinajstić information content (AvgIpc) is 2.64. The van der Waals surface area contributed by atoms with E-state index in [0.29, 0.717) is 45.6 Å². The van der Waals surface area contributed by atoms with Gasteiger partial charge in [-0.2, -0.15) is 0 Å². The Morgan fingerprint density at radius 1 is 1.00 bits per heavy atom. The molecule has 1 rings (SSSR count). The van der Waals surface area contributed by atoms with Gasteiger partial charge in [0, 0.05) is 37.8 Å². The number of nitrogens with one attached hydrogen (secondary N) is 2. The van der Waals surface area contributed by atoms with Crippen LogP contribution >= 0.6 is 0 Å². The van der Waals surface area contributed by atoms with Gasteiger partial charge >= 0.3 is 0 Å². The van der Waals surface area contributed by atoms with E-state index in [0.717, 1.165) is 25.7 Å². The molecular formula is C20H36N2O5. The molecule has 1 fully saturated rings. The summed E-state index contributed by atoms with van der Waals surface area (Å²) >= 11 is 0. The third kappa shape index (κ3) is 11.1. The Labute approximate surface area is 162 Å². The molecular weight excluding hydrogens is 348 g/mol. The molecule has 0 aromatic carbocycles. The molecule has 0 aromatic rings. The smallest absolute Gasteiger partial charge is 0.223 e. The van der Waals surface area contributed by atoms with Gasteiger partial charge in [0.05, 0.1) is 25.9 Å². The van der Waals surface area contributed by atoms with Gasteiger partial charge in [-0.25, -0.2) is 0 Å². The van der Waals surface area contributed by atoms with Gasteiger partial charge < -0.3 is 20.1 Å². The SMILES string of the molecule is CCC(=O)CCOCCNC(=O)C1CCC(NC(=O)CCOC(C)C)CC1. The Balaban J connectivity index is 2.09. The number of ether oxygens (including phenoxy) is 2. The Kier molecular flexibility index (Phi) is 11.9. The molecule has 0 aliphatic heterocycles. The highest BCUT2D eigenvalue weighted by Crippen LogP contribution is 2.24. The maximum atomic E-state index is 12.2. The van der Waals surface area contributed by atoms with Crippen molar-refractivity contribution in [2.24, 2.45) is 5.92 Å². The highest BCUT2D eigenvalue weighted by atomic mass is 16.5. The number of Topliss-reactive ketones (excluding diaryl/α,β-unsaturated/α-hetero) is 1. The Hall–Kier alpha value is -1.47. The number of hydrogen-bond acceptors (Lipinski definition) is 5. The summed E-state index contributed by atoms with van der Waals surface area (Å²) < 4.78 is 10.7. The van der Waals surface area contributed by atoms with Crippen LogP contribution in [0, 0.1) is 5.92 Å². The molecule has 7 nitrogen and oxygen atoms in total. The number of ketones is 1. The molecule has 0 radical (unpaired) electrons. The fraction of sp³-hybridized carbons (Fsp3) is 0.850. The Bertz CT molecular complexity index is 459. The van der Waals surface area contributed by atoms with Crippen molar-refractivity contribution in [1.29, 1.82) is 0 Å². The lowest BCUT2D eigenvalue weighted by atomic mass is 9.85. The van der Waals surface area contributed by atoms with Crippen LogP contribution in [-0.2, 0) is 23.9 Å². The number of amides is 2. The first kappa shape index (κ1) is 23.6.